The Kier molecular flexibility index (Phi) is 2.40. The number of hydrogen-bond donors (Lipinski definition) is 2. The van der Waals surface area contributed by atoms with E-state index in [1.807, 2.05) is 12.1 Å². The predicted octanol–water partition coefficient (Wildman–Crippen LogP) is 2.87. The number of alkyl halides is 2. The molecule has 2 nitrogen and oxygen atoms in total. The van der Waals surface area contributed by atoms with Gasteiger partial charge >= 0.3 is 0 Å². The third kappa shape index (κ3) is 1.63. The molecule has 1 unspecified atom stereocenters. The van der Waals surface area contributed by atoms with Crippen molar-refractivity contribution in [2.45, 2.75) is 12.3 Å². The van der Waals surface area contributed by atoms with E-state index in [0.29, 0.717) is 24.9 Å². The van der Waals surface area contributed by atoms with E-state index >= 15 is 0 Å². The minimum absolute atomic E-state index is 0.127. The van der Waals surface area contributed by atoms with Gasteiger partial charge in [0.2, 0.25) is 0 Å². The lowest BCUT2D eigenvalue weighted by Crippen LogP contribution is -2.27. The summed E-state index contributed by atoms with van der Waals surface area (Å²) in [6, 6.07) is 7.21. The molecule has 0 amide bonds. The summed E-state index contributed by atoms with van der Waals surface area (Å²) in [5, 5.41) is 3.63. The average Bonchev–Trinajstić information content (AvgIpc) is 2.99. The largest absolute Gasteiger partial charge is 0.361 e. The minimum atomic E-state index is -2.76. The Morgan fingerprint density at radius 1 is 1.24 bits per heavy atom. The summed E-state index contributed by atoms with van der Waals surface area (Å²) in [6.07, 6.45) is 1.98. The van der Waals surface area contributed by atoms with Gasteiger partial charge in [-0.3, -0.25) is 0 Å². The molecular formula is C13H14F2N2. The van der Waals surface area contributed by atoms with Crippen LogP contribution in [0.5, 0.6) is 0 Å². The molecule has 4 heteroatoms. The van der Waals surface area contributed by atoms with Crippen LogP contribution >= 0.6 is 0 Å². The molecule has 2 heterocycles. The van der Waals surface area contributed by atoms with E-state index in [-0.39, 0.29) is 5.56 Å². The van der Waals surface area contributed by atoms with Crippen LogP contribution in [0.25, 0.3) is 10.9 Å². The van der Waals surface area contributed by atoms with Gasteiger partial charge in [-0.25, -0.2) is 8.78 Å². The molecular weight excluding hydrogens is 222 g/mol. The number of aromatic amines is 1. The number of aromatic nitrogens is 1. The molecule has 17 heavy (non-hydrogen) atoms. The monoisotopic (exact) mass is 236 g/mol. The molecule has 0 aliphatic carbocycles. The van der Waals surface area contributed by atoms with Crippen LogP contribution in [-0.2, 0) is 5.92 Å². The predicted molar refractivity (Wildman–Crippen MR) is 63.2 cm³/mol. The molecule has 0 radical (unpaired) electrons. The number of hydrogen-bond acceptors (Lipinski definition) is 1. The number of halogens is 2. The summed E-state index contributed by atoms with van der Waals surface area (Å²) < 4.78 is 28.7. The standard InChI is InChI=1S/C13H14F2N2/c14-13(15,9-5-6-16-7-9)11-8-17-12-4-2-1-3-10(11)12/h1-4,8-9,16-17H,5-7H2. The smallest absolute Gasteiger partial charge is 0.279 e. The number of rotatable bonds is 2. The summed E-state index contributed by atoms with van der Waals surface area (Å²) >= 11 is 0. The van der Waals surface area contributed by atoms with Crippen molar-refractivity contribution < 1.29 is 8.78 Å². The van der Waals surface area contributed by atoms with Crippen LogP contribution in [0.1, 0.15) is 12.0 Å². The Hall–Kier alpha value is -1.42. The lowest BCUT2D eigenvalue weighted by molar-refractivity contribution is -0.0561. The number of H-pyrrole nitrogens is 1. The first-order chi connectivity index (χ1) is 8.19. The van der Waals surface area contributed by atoms with Crippen LogP contribution in [0.2, 0.25) is 0 Å². The van der Waals surface area contributed by atoms with Gasteiger partial charge in [0, 0.05) is 35.1 Å². The first kappa shape index (κ1) is 10.7. The van der Waals surface area contributed by atoms with Crippen molar-refractivity contribution in [3.05, 3.63) is 36.0 Å². The van der Waals surface area contributed by atoms with E-state index in [2.05, 4.69) is 10.3 Å². The van der Waals surface area contributed by atoms with Gasteiger partial charge in [-0.05, 0) is 19.0 Å². The second kappa shape index (κ2) is 3.81. The van der Waals surface area contributed by atoms with Gasteiger partial charge in [-0.2, -0.15) is 0 Å². The fraction of sp³-hybridized carbons (Fsp3) is 0.385. The molecule has 2 N–H and O–H groups in total. The van der Waals surface area contributed by atoms with Crippen molar-refractivity contribution in [3.63, 3.8) is 0 Å². The van der Waals surface area contributed by atoms with E-state index in [9.17, 15) is 8.78 Å². The number of para-hydroxylation sites is 1. The normalized spacial score (nSPS) is 21.2. The maximum absolute atomic E-state index is 14.4. The van der Waals surface area contributed by atoms with E-state index in [1.165, 1.54) is 6.20 Å². The number of nitrogens with one attached hydrogen (secondary N) is 2. The van der Waals surface area contributed by atoms with Crippen molar-refractivity contribution >= 4 is 10.9 Å². The zero-order valence-electron chi connectivity index (χ0n) is 9.34. The third-order valence-electron chi connectivity index (χ3n) is 3.52. The molecule has 1 aliphatic heterocycles. The molecule has 1 aromatic carbocycles. The highest BCUT2D eigenvalue weighted by Crippen LogP contribution is 2.41. The van der Waals surface area contributed by atoms with Crippen LogP contribution < -0.4 is 5.32 Å². The van der Waals surface area contributed by atoms with Crippen molar-refractivity contribution in [1.29, 1.82) is 0 Å². The van der Waals surface area contributed by atoms with Crippen molar-refractivity contribution in [3.8, 4) is 0 Å². The highest BCUT2D eigenvalue weighted by atomic mass is 19.3. The first-order valence-electron chi connectivity index (χ1n) is 5.84. The molecule has 90 valence electrons. The SMILES string of the molecule is FC(F)(c1c[nH]c2ccccc12)C1CCNC1. The van der Waals surface area contributed by atoms with E-state index in [0.717, 1.165) is 5.52 Å². The van der Waals surface area contributed by atoms with Gasteiger partial charge in [-0.15, -0.1) is 0 Å². The third-order valence-corrected chi connectivity index (χ3v) is 3.52. The molecule has 0 spiro atoms. The van der Waals surface area contributed by atoms with Crippen molar-refractivity contribution in [1.82, 2.24) is 10.3 Å². The molecule has 1 aliphatic rings. The van der Waals surface area contributed by atoms with Crippen LogP contribution in [0, 0.1) is 5.92 Å². The van der Waals surface area contributed by atoms with Crippen molar-refractivity contribution in [2.75, 3.05) is 13.1 Å². The maximum atomic E-state index is 14.4. The molecule has 1 aromatic heterocycles. The highest BCUT2D eigenvalue weighted by Gasteiger charge is 2.44. The van der Waals surface area contributed by atoms with E-state index in [1.54, 1.807) is 12.1 Å². The number of benzene rings is 1. The molecule has 3 rings (SSSR count). The average molecular weight is 236 g/mol. The van der Waals surface area contributed by atoms with Crippen LogP contribution in [0.4, 0.5) is 8.78 Å². The minimum Gasteiger partial charge on any atom is -0.361 e. The molecule has 1 fully saturated rings. The van der Waals surface area contributed by atoms with Crippen LogP contribution in [0.15, 0.2) is 30.5 Å². The Bertz CT molecular complexity index is 527. The molecule has 1 saturated heterocycles. The van der Waals surface area contributed by atoms with Gasteiger partial charge in [0.15, 0.2) is 0 Å². The zero-order chi connectivity index (χ0) is 11.9. The Morgan fingerprint density at radius 2 is 2.06 bits per heavy atom. The second-order valence-corrected chi connectivity index (χ2v) is 4.56. The highest BCUT2D eigenvalue weighted by molar-refractivity contribution is 5.83. The van der Waals surface area contributed by atoms with Crippen LogP contribution in [-0.4, -0.2) is 18.1 Å². The van der Waals surface area contributed by atoms with Crippen molar-refractivity contribution in [2.24, 2.45) is 5.92 Å². The maximum Gasteiger partial charge on any atom is 0.279 e. The summed E-state index contributed by atoms with van der Waals surface area (Å²) in [5.74, 6) is -3.36. The molecule has 1 atom stereocenters. The fourth-order valence-electron chi connectivity index (χ4n) is 2.53. The summed E-state index contributed by atoms with van der Waals surface area (Å²) in [5.41, 5.74) is 0.898. The van der Waals surface area contributed by atoms with Gasteiger partial charge < -0.3 is 10.3 Å². The molecule has 0 bridgehead atoms. The first-order valence-corrected chi connectivity index (χ1v) is 5.84. The molecule has 2 aromatic rings. The second-order valence-electron chi connectivity index (χ2n) is 4.56. The Balaban J connectivity index is 2.07. The van der Waals surface area contributed by atoms with E-state index in [4.69, 9.17) is 0 Å². The topological polar surface area (TPSA) is 27.8 Å². The lowest BCUT2D eigenvalue weighted by Gasteiger charge is -2.22. The lowest BCUT2D eigenvalue weighted by atomic mass is 9.93. The quantitative estimate of drug-likeness (QED) is 0.824. The summed E-state index contributed by atoms with van der Waals surface area (Å²) in [7, 11) is 0. The Morgan fingerprint density at radius 3 is 2.82 bits per heavy atom. The van der Waals surface area contributed by atoms with Gasteiger partial charge in [0.25, 0.3) is 5.92 Å². The van der Waals surface area contributed by atoms with Gasteiger partial charge in [0.05, 0.1) is 0 Å². The van der Waals surface area contributed by atoms with Gasteiger partial charge in [0.1, 0.15) is 0 Å². The van der Waals surface area contributed by atoms with E-state index < -0.39 is 11.8 Å². The summed E-state index contributed by atoms with van der Waals surface area (Å²) in [4.78, 5) is 2.92. The fourth-order valence-corrected chi connectivity index (χ4v) is 2.53. The van der Waals surface area contributed by atoms with Crippen LogP contribution in [0.3, 0.4) is 0 Å². The number of fused-ring (bicyclic) bond motifs is 1. The Labute approximate surface area is 98.0 Å². The zero-order valence-corrected chi connectivity index (χ0v) is 9.34. The van der Waals surface area contributed by atoms with Gasteiger partial charge in [-0.1, -0.05) is 18.2 Å². The molecule has 0 saturated carbocycles. The summed E-state index contributed by atoms with van der Waals surface area (Å²) in [6.45, 7) is 1.08.